The van der Waals surface area contributed by atoms with Crippen LogP contribution in [0.1, 0.15) is 5.56 Å². The lowest BCUT2D eigenvalue weighted by Gasteiger charge is -2.11. The zero-order valence-corrected chi connectivity index (χ0v) is 12.0. The third-order valence-corrected chi connectivity index (χ3v) is 2.81. The van der Waals surface area contributed by atoms with Crippen molar-refractivity contribution in [3.63, 3.8) is 0 Å². The summed E-state index contributed by atoms with van der Waals surface area (Å²) in [5.74, 6) is 1.49. The molecule has 0 bridgehead atoms. The summed E-state index contributed by atoms with van der Waals surface area (Å²) < 4.78 is 0. The molecule has 0 saturated carbocycles. The van der Waals surface area contributed by atoms with E-state index in [0.29, 0.717) is 5.95 Å². The number of likely N-dealkylation sites (N-methyl/N-ethyl adjacent to an activating group) is 1. The van der Waals surface area contributed by atoms with Crippen molar-refractivity contribution in [2.24, 2.45) is 0 Å². The Bertz CT molecular complexity index is 513. The van der Waals surface area contributed by atoms with Crippen LogP contribution >= 0.6 is 0 Å². The molecule has 0 spiro atoms. The van der Waals surface area contributed by atoms with E-state index in [1.54, 1.807) is 6.20 Å². The number of nitrogens with zero attached hydrogens (tertiary/aromatic N) is 3. The lowest BCUT2D eigenvalue weighted by atomic mass is 10.2. The normalized spacial score (nSPS) is 10.6. The van der Waals surface area contributed by atoms with Crippen molar-refractivity contribution in [2.75, 3.05) is 37.8 Å². The average Bonchev–Trinajstić information content (AvgIpc) is 2.46. The van der Waals surface area contributed by atoms with Crippen LogP contribution in [0.5, 0.6) is 0 Å². The zero-order chi connectivity index (χ0) is 14.2. The molecule has 1 aromatic carbocycles. The van der Waals surface area contributed by atoms with Gasteiger partial charge in [0.15, 0.2) is 0 Å². The van der Waals surface area contributed by atoms with Crippen LogP contribution in [0.2, 0.25) is 0 Å². The van der Waals surface area contributed by atoms with Crippen LogP contribution in [0, 0.1) is 0 Å². The van der Waals surface area contributed by atoms with Crippen molar-refractivity contribution in [1.82, 2.24) is 14.9 Å². The Labute approximate surface area is 120 Å². The Morgan fingerprint density at radius 2 is 1.85 bits per heavy atom. The van der Waals surface area contributed by atoms with Crippen LogP contribution < -0.4 is 10.6 Å². The topological polar surface area (TPSA) is 53.1 Å². The van der Waals surface area contributed by atoms with Crippen molar-refractivity contribution < 1.29 is 0 Å². The van der Waals surface area contributed by atoms with Gasteiger partial charge in [-0.25, -0.2) is 4.98 Å². The molecule has 2 N–H and O–H groups in total. The number of benzene rings is 1. The Morgan fingerprint density at radius 1 is 1.05 bits per heavy atom. The summed E-state index contributed by atoms with van der Waals surface area (Å²) in [4.78, 5) is 10.8. The Kier molecular flexibility index (Phi) is 5.32. The third kappa shape index (κ3) is 4.85. The Balaban J connectivity index is 1.86. The molecular formula is C15H21N5. The maximum Gasteiger partial charge on any atom is 0.224 e. The molecule has 0 aliphatic carbocycles. The van der Waals surface area contributed by atoms with Gasteiger partial charge < -0.3 is 15.5 Å². The molecule has 0 radical (unpaired) electrons. The molecule has 0 aliphatic rings. The Morgan fingerprint density at radius 3 is 2.60 bits per heavy atom. The third-order valence-electron chi connectivity index (χ3n) is 2.81. The largest absolute Gasteiger partial charge is 0.366 e. The molecule has 20 heavy (non-hydrogen) atoms. The van der Waals surface area contributed by atoms with E-state index < -0.39 is 0 Å². The molecule has 1 aromatic heterocycles. The fourth-order valence-electron chi connectivity index (χ4n) is 1.72. The number of hydrogen-bond donors (Lipinski definition) is 2. The maximum absolute atomic E-state index is 4.43. The van der Waals surface area contributed by atoms with Crippen LogP contribution in [-0.4, -0.2) is 42.1 Å². The maximum atomic E-state index is 4.43. The summed E-state index contributed by atoms with van der Waals surface area (Å²) in [6.07, 6.45) is 1.76. The van der Waals surface area contributed by atoms with Crippen molar-refractivity contribution >= 4 is 11.8 Å². The fourth-order valence-corrected chi connectivity index (χ4v) is 1.72. The number of nitrogens with one attached hydrogen (secondary N) is 2. The van der Waals surface area contributed by atoms with Crippen molar-refractivity contribution in [3.05, 3.63) is 48.2 Å². The summed E-state index contributed by atoms with van der Waals surface area (Å²) in [6.45, 7) is 2.54. The molecule has 0 saturated heterocycles. The van der Waals surface area contributed by atoms with Gasteiger partial charge in [-0.15, -0.1) is 0 Å². The highest BCUT2D eigenvalue weighted by Gasteiger charge is 1.99. The van der Waals surface area contributed by atoms with E-state index in [4.69, 9.17) is 0 Å². The molecule has 2 aromatic rings. The molecule has 5 heteroatoms. The minimum Gasteiger partial charge on any atom is -0.366 e. The summed E-state index contributed by atoms with van der Waals surface area (Å²) in [6, 6.07) is 12.1. The highest BCUT2D eigenvalue weighted by Crippen LogP contribution is 2.08. The van der Waals surface area contributed by atoms with Gasteiger partial charge in [0.25, 0.3) is 0 Å². The molecule has 1 heterocycles. The minimum atomic E-state index is 0.657. The molecule has 0 atom stereocenters. The summed E-state index contributed by atoms with van der Waals surface area (Å²) in [5, 5.41) is 6.51. The van der Waals surface area contributed by atoms with Crippen LogP contribution in [-0.2, 0) is 6.54 Å². The lowest BCUT2D eigenvalue weighted by molar-refractivity contribution is 0.425. The first-order valence-corrected chi connectivity index (χ1v) is 6.73. The van der Waals surface area contributed by atoms with Gasteiger partial charge in [0, 0.05) is 25.8 Å². The van der Waals surface area contributed by atoms with Gasteiger partial charge in [0.2, 0.25) is 5.95 Å². The molecule has 0 aliphatic heterocycles. The zero-order valence-electron chi connectivity index (χ0n) is 12.0. The van der Waals surface area contributed by atoms with Gasteiger partial charge in [0.1, 0.15) is 5.82 Å². The van der Waals surface area contributed by atoms with E-state index in [-0.39, 0.29) is 0 Å². The summed E-state index contributed by atoms with van der Waals surface area (Å²) >= 11 is 0. The van der Waals surface area contributed by atoms with Gasteiger partial charge in [-0.05, 0) is 25.7 Å². The van der Waals surface area contributed by atoms with E-state index in [1.807, 2.05) is 38.4 Å². The van der Waals surface area contributed by atoms with E-state index in [9.17, 15) is 0 Å². The first-order valence-electron chi connectivity index (χ1n) is 6.73. The average molecular weight is 271 g/mol. The standard InChI is InChI=1S/C15H21N5/c1-20(2)11-10-17-15-16-9-8-14(19-15)18-12-13-6-4-3-5-7-13/h3-9H,10-12H2,1-2H3,(H2,16,17,18,19). The first kappa shape index (κ1) is 14.3. The van der Waals surface area contributed by atoms with E-state index >= 15 is 0 Å². The summed E-state index contributed by atoms with van der Waals surface area (Å²) in [5.41, 5.74) is 1.23. The second-order valence-corrected chi connectivity index (χ2v) is 4.83. The monoisotopic (exact) mass is 271 g/mol. The highest BCUT2D eigenvalue weighted by atomic mass is 15.2. The predicted octanol–water partition coefficient (Wildman–Crippen LogP) is 2.06. The number of anilines is 2. The molecule has 5 nitrogen and oxygen atoms in total. The SMILES string of the molecule is CN(C)CCNc1nccc(NCc2ccccc2)n1. The van der Waals surface area contributed by atoms with Gasteiger partial charge >= 0.3 is 0 Å². The van der Waals surface area contributed by atoms with Crippen molar-refractivity contribution in [3.8, 4) is 0 Å². The van der Waals surface area contributed by atoms with Crippen LogP contribution in [0.15, 0.2) is 42.6 Å². The molecule has 0 fully saturated rings. The minimum absolute atomic E-state index is 0.657. The van der Waals surface area contributed by atoms with Crippen LogP contribution in [0.3, 0.4) is 0 Å². The molecule has 2 rings (SSSR count). The second kappa shape index (κ2) is 7.45. The van der Waals surface area contributed by atoms with Gasteiger partial charge in [0.05, 0.1) is 0 Å². The quantitative estimate of drug-likeness (QED) is 0.807. The smallest absolute Gasteiger partial charge is 0.224 e. The van der Waals surface area contributed by atoms with Crippen molar-refractivity contribution in [1.29, 1.82) is 0 Å². The Hall–Kier alpha value is -2.14. The van der Waals surface area contributed by atoms with E-state index in [0.717, 1.165) is 25.5 Å². The van der Waals surface area contributed by atoms with Gasteiger partial charge in [-0.2, -0.15) is 4.98 Å². The van der Waals surface area contributed by atoms with E-state index in [1.165, 1.54) is 5.56 Å². The molecule has 0 unspecified atom stereocenters. The van der Waals surface area contributed by atoms with Crippen LogP contribution in [0.4, 0.5) is 11.8 Å². The fraction of sp³-hybridized carbons (Fsp3) is 0.333. The number of rotatable bonds is 7. The number of aromatic nitrogens is 2. The predicted molar refractivity (Wildman–Crippen MR) is 82.8 cm³/mol. The van der Waals surface area contributed by atoms with Gasteiger partial charge in [-0.1, -0.05) is 30.3 Å². The van der Waals surface area contributed by atoms with Crippen molar-refractivity contribution in [2.45, 2.75) is 6.54 Å². The van der Waals surface area contributed by atoms with Crippen LogP contribution in [0.25, 0.3) is 0 Å². The molecular weight excluding hydrogens is 250 g/mol. The highest BCUT2D eigenvalue weighted by molar-refractivity contribution is 5.40. The first-order chi connectivity index (χ1) is 9.74. The molecule has 0 amide bonds. The van der Waals surface area contributed by atoms with Gasteiger partial charge in [-0.3, -0.25) is 0 Å². The lowest BCUT2D eigenvalue weighted by Crippen LogP contribution is -2.21. The van der Waals surface area contributed by atoms with E-state index in [2.05, 4.69) is 37.6 Å². The summed E-state index contributed by atoms with van der Waals surface area (Å²) in [7, 11) is 4.08. The number of hydrogen-bond acceptors (Lipinski definition) is 5. The molecule has 106 valence electrons. The second-order valence-electron chi connectivity index (χ2n) is 4.83.